The molecule has 0 bridgehead atoms. The van der Waals surface area contributed by atoms with Crippen LogP contribution in [0.25, 0.3) is 0 Å². The number of nitrogens with two attached hydrogens (primary N) is 1. The molecule has 104 valence electrons. The Morgan fingerprint density at radius 2 is 2.26 bits per heavy atom. The number of hydrogen-bond donors (Lipinski definition) is 1. The molecule has 2 atom stereocenters. The average Bonchev–Trinajstić information content (AvgIpc) is 2.40. The Balaban J connectivity index is 2.12. The van der Waals surface area contributed by atoms with Gasteiger partial charge in [-0.1, -0.05) is 19.8 Å². The van der Waals surface area contributed by atoms with Crippen molar-refractivity contribution in [3.8, 4) is 0 Å². The van der Waals surface area contributed by atoms with Gasteiger partial charge < -0.3 is 10.5 Å². The minimum Gasteiger partial charge on any atom is -0.464 e. The second kappa shape index (κ2) is 6.28. The Kier molecular flexibility index (Phi) is 4.69. The van der Waals surface area contributed by atoms with Crippen molar-refractivity contribution in [2.75, 3.05) is 12.8 Å². The van der Waals surface area contributed by atoms with Crippen molar-refractivity contribution in [2.24, 2.45) is 5.92 Å². The third kappa shape index (κ3) is 3.62. The first-order valence-corrected chi connectivity index (χ1v) is 7.49. The molecule has 1 aromatic heterocycles. The number of nitrogen functional groups attached to an aromatic ring is 1. The summed E-state index contributed by atoms with van der Waals surface area (Å²) in [6.45, 7) is 2.29. The number of methoxy groups -OCH3 is 1. The maximum absolute atomic E-state index is 11.5. The van der Waals surface area contributed by atoms with Crippen LogP contribution in [-0.4, -0.2) is 23.3 Å². The van der Waals surface area contributed by atoms with Gasteiger partial charge in [0.1, 0.15) is 10.7 Å². The van der Waals surface area contributed by atoms with Gasteiger partial charge in [0.15, 0.2) is 0 Å². The number of nitrogens with zero attached hydrogens (tertiary/aromatic N) is 1. The summed E-state index contributed by atoms with van der Waals surface area (Å²) in [5.74, 6) is 0.343. The Hall–Kier alpha value is -1.23. The molecule has 4 nitrogen and oxygen atoms in total. The fourth-order valence-corrected chi connectivity index (χ4v) is 3.79. The van der Waals surface area contributed by atoms with Crippen LogP contribution in [0.5, 0.6) is 0 Å². The van der Waals surface area contributed by atoms with E-state index in [1.165, 1.54) is 32.8 Å². The molecule has 0 amide bonds. The molecule has 1 aliphatic carbocycles. The van der Waals surface area contributed by atoms with E-state index in [9.17, 15) is 4.79 Å². The van der Waals surface area contributed by atoms with E-state index in [-0.39, 0.29) is 0 Å². The van der Waals surface area contributed by atoms with E-state index in [1.54, 1.807) is 23.9 Å². The summed E-state index contributed by atoms with van der Waals surface area (Å²) in [6, 6.07) is 3.34. The van der Waals surface area contributed by atoms with Gasteiger partial charge in [-0.3, -0.25) is 0 Å². The first kappa shape index (κ1) is 14.2. The molecule has 2 unspecified atom stereocenters. The van der Waals surface area contributed by atoms with Gasteiger partial charge in [0.05, 0.1) is 12.8 Å². The summed E-state index contributed by atoms with van der Waals surface area (Å²) in [4.78, 5) is 15.8. The molecule has 19 heavy (non-hydrogen) atoms. The number of carbonyl (C=O) groups excluding carboxylic acids is 1. The first-order valence-electron chi connectivity index (χ1n) is 6.61. The molecule has 2 rings (SSSR count). The predicted molar refractivity (Wildman–Crippen MR) is 77.3 cm³/mol. The number of thioether (sulfide) groups is 1. The summed E-state index contributed by atoms with van der Waals surface area (Å²) in [6.07, 6.45) is 4.95. The van der Waals surface area contributed by atoms with Crippen molar-refractivity contribution in [1.82, 2.24) is 4.98 Å². The van der Waals surface area contributed by atoms with Crippen LogP contribution in [0.15, 0.2) is 17.2 Å². The van der Waals surface area contributed by atoms with Crippen LogP contribution in [0, 0.1) is 5.92 Å². The Bertz CT molecular complexity index is 465. The molecule has 5 heteroatoms. The maximum atomic E-state index is 11.5. The molecular formula is C14H20N2O2S. The van der Waals surface area contributed by atoms with Crippen molar-refractivity contribution < 1.29 is 9.53 Å². The third-order valence-electron chi connectivity index (χ3n) is 3.45. The fourth-order valence-electron chi connectivity index (χ4n) is 2.41. The lowest BCUT2D eigenvalue weighted by atomic mass is 9.91. The normalized spacial score (nSPS) is 23.1. The molecule has 0 radical (unpaired) electrons. The lowest BCUT2D eigenvalue weighted by molar-refractivity contribution is 0.0593. The second-order valence-corrected chi connectivity index (χ2v) is 6.38. The zero-order chi connectivity index (χ0) is 13.8. The number of anilines is 1. The summed E-state index contributed by atoms with van der Waals surface area (Å²) >= 11 is 1.69. The predicted octanol–water partition coefficient (Wildman–Crippen LogP) is 3.12. The van der Waals surface area contributed by atoms with E-state index in [1.807, 2.05) is 0 Å². The van der Waals surface area contributed by atoms with Gasteiger partial charge in [-0.2, -0.15) is 0 Å². The average molecular weight is 280 g/mol. The maximum Gasteiger partial charge on any atom is 0.356 e. The quantitative estimate of drug-likeness (QED) is 0.862. The number of pyridine rings is 1. The topological polar surface area (TPSA) is 65.2 Å². The largest absolute Gasteiger partial charge is 0.464 e. The minimum atomic E-state index is -0.418. The molecule has 1 heterocycles. The van der Waals surface area contributed by atoms with Crippen LogP contribution in [0.2, 0.25) is 0 Å². The number of aromatic nitrogens is 1. The van der Waals surface area contributed by atoms with Gasteiger partial charge in [0.2, 0.25) is 0 Å². The molecular weight excluding hydrogens is 260 g/mol. The highest BCUT2D eigenvalue weighted by Gasteiger charge is 2.21. The number of rotatable bonds is 3. The zero-order valence-electron chi connectivity index (χ0n) is 11.4. The fraction of sp³-hybridized carbons (Fsp3) is 0.571. The minimum absolute atomic E-state index is 0.322. The smallest absolute Gasteiger partial charge is 0.356 e. The van der Waals surface area contributed by atoms with E-state index in [4.69, 9.17) is 5.73 Å². The molecule has 0 spiro atoms. The van der Waals surface area contributed by atoms with E-state index < -0.39 is 5.97 Å². The van der Waals surface area contributed by atoms with Gasteiger partial charge in [-0.05, 0) is 30.9 Å². The van der Waals surface area contributed by atoms with Crippen LogP contribution in [-0.2, 0) is 4.74 Å². The lowest BCUT2D eigenvalue weighted by Crippen LogP contribution is -2.16. The summed E-state index contributed by atoms with van der Waals surface area (Å²) in [5, 5.41) is 1.30. The summed E-state index contributed by atoms with van der Waals surface area (Å²) in [5.41, 5.74) is 6.90. The van der Waals surface area contributed by atoms with Crippen molar-refractivity contribution >= 4 is 23.4 Å². The Morgan fingerprint density at radius 1 is 1.47 bits per heavy atom. The van der Waals surface area contributed by atoms with Gasteiger partial charge in [0, 0.05) is 5.25 Å². The van der Waals surface area contributed by atoms with Gasteiger partial charge in [0.25, 0.3) is 0 Å². The Labute approximate surface area is 118 Å². The van der Waals surface area contributed by atoms with Gasteiger partial charge in [-0.15, -0.1) is 11.8 Å². The molecule has 0 aromatic carbocycles. The summed E-state index contributed by atoms with van der Waals surface area (Å²) in [7, 11) is 1.36. The number of esters is 1. The Morgan fingerprint density at radius 3 is 2.95 bits per heavy atom. The van der Waals surface area contributed by atoms with E-state index in [0.29, 0.717) is 16.6 Å². The zero-order valence-corrected chi connectivity index (χ0v) is 12.2. The third-order valence-corrected chi connectivity index (χ3v) is 4.76. The van der Waals surface area contributed by atoms with Crippen LogP contribution in [0.4, 0.5) is 5.69 Å². The first-order chi connectivity index (χ1) is 9.10. The standard InChI is InChI=1S/C14H20N2O2S/c1-9-4-3-5-10(8-9)19-13-11(15)6-7-12(16-13)14(17)18-2/h6-7,9-10H,3-5,8,15H2,1-2H3. The van der Waals surface area contributed by atoms with E-state index in [2.05, 4.69) is 16.6 Å². The summed E-state index contributed by atoms with van der Waals surface area (Å²) < 4.78 is 4.69. The van der Waals surface area contributed by atoms with Crippen molar-refractivity contribution in [2.45, 2.75) is 42.9 Å². The van der Waals surface area contributed by atoms with Gasteiger partial charge >= 0.3 is 5.97 Å². The van der Waals surface area contributed by atoms with E-state index in [0.717, 1.165) is 10.9 Å². The molecule has 2 N–H and O–H groups in total. The van der Waals surface area contributed by atoms with Crippen LogP contribution < -0.4 is 5.73 Å². The highest BCUT2D eigenvalue weighted by Crippen LogP contribution is 2.37. The van der Waals surface area contributed by atoms with Crippen molar-refractivity contribution in [3.05, 3.63) is 17.8 Å². The van der Waals surface area contributed by atoms with Gasteiger partial charge in [-0.25, -0.2) is 9.78 Å². The second-order valence-electron chi connectivity index (χ2n) is 5.09. The lowest BCUT2D eigenvalue weighted by Gasteiger charge is -2.26. The van der Waals surface area contributed by atoms with Crippen LogP contribution in [0.1, 0.15) is 43.1 Å². The van der Waals surface area contributed by atoms with Crippen molar-refractivity contribution in [3.63, 3.8) is 0 Å². The van der Waals surface area contributed by atoms with Crippen LogP contribution >= 0.6 is 11.8 Å². The molecule has 1 saturated carbocycles. The molecule has 1 aliphatic rings. The molecule has 1 aromatic rings. The monoisotopic (exact) mass is 280 g/mol. The number of hydrogen-bond acceptors (Lipinski definition) is 5. The highest BCUT2D eigenvalue weighted by atomic mass is 32.2. The number of carbonyl (C=O) groups is 1. The highest BCUT2D eigenvalue weighted by molar-refractivity contribution is 8.00. The van der Waals surface area contributed by atoms with Crippen LogP contribution in [0.3, 0.4) is 0 Å². The van der Waals surface area contributed by atoms with E-state index >= 15 is 0 Å². The van der Waals surface area contributed by atoms with Crippen molar-refractivity contribution in [1.29, 1.82) is 0 Å². The molecule has 1 fully saturated rings. The SMILES string of the molecule is COC(=O)c1ccc(N)c(SC2CCCC(C)C2)n1. The molecule has 0 aliphatic heterocycles. The molecule has 0 saturated heterocycles. The number of ether oxygens (including phenoxy) is 1.